The maximum atomic E-state index is 12.0. The van der Waals surface area contributed by atoms with E-state index in [1.54, 1.807) is 11.9 Å². The number of hydrogen-bond acceptors (Lipinski definition) is 2. The summed E-state index contributed by atoms with van der Waals surface area (Å²) in [7, 11) is 1.79. The standard InChI is InChI=1S/C12H16N2O/c1-9-5-3-4-6-10(9)14(2)11(15)12(13)7-8-12/h3-6H,7-8,13H2,1-2H3. The molecule has 0 saturated heterocycles. The van der Waals surface area contributed by atoms with Crippen molar-refractivity contribution in [3.63, 3.8) is 0 Å². The predicted octanol–water partition coefficient (Wildman–Crippen LogP) is 1.45. The third-order valence-electron chi connectivity index (χ3n) is 3.00. The van der Waals surface area contributed by atoms with Crippen LogP contribution in [0.2, 0.25) is 0 Å². The van der Waals surface area contributed by atoms with Crippen molar-refractivity contribution in [1.29, 1.82) is 0 Å². The topological polar surface area (TPSA) is 46.3 Å². The van der Waals surface area contributed by atoms with Gasteiger partial charge in [-0.15, -0.1) is 0 Å². The van der Waals surface area contributed by atoms with E-state index in [0.29, 0.717) is 0 Å². The van der Waals surface area contributed by atoms with Gasteiger partial charge in [0.25, 0.3) is 0 Å². The van der Waals surface area contributed by atoms with E-state index in [0.717, 1.165) is 24.1 Å². The Bertz CT molecular complexity index is 396. The van der Waals surface area contributed by atoms with Crippen LogP contribution in [0.15, 0.2) is 24.3 Å². The van der Waals surface area contributed by atoms with Gasteiger partial charge < -0.3 is 10.6 Å². The number of nitrogens with two attached hydrogens (primary N) is 1. The van der Waals surface area contributed by atoms with Crippen LogP contribution < -0.4 is 10.6 Å². The highest BCUT2D eigenvalue weighted by atomic mass is 16.2. The summed E-state index contributed by atoms with van der Waals surface area (Å²) >= 11 is 0. The van der Waals surface area contributed by atoms with Crippen LogP contribution in [-0.2, 0) is 4.79 Å². The second-order valence-corrected chi connectivity index (χ2v) is 4.31. The molecule has 0 heterocycles. The number of carbonyl (C=O) groups excluding carboxylic acids is 1. The molecule has 0 spiro atoms. The summed E-state index contributed by atoms with van der Waals surface area (Å²) in [6.07, 6.45) is 1.62. The number of amides is 1. The Kier molecular flexibility index (Phi) is 2.27. The number of carbonyl (C=O) groups is 1. The lowest BCUT2D eigenvalue weighted by Crippen LogP contribution is -2.44. The number of benzene rings is 1. The van der Waals surface area contributed by atoms with Crippen LogP contribution in [0.3, 0.4) is 0 Å². The molecule has 80 valence electrons. The Morgan fingerprint density at radius 2 is 2.00 bits per heavy atom. The van der Waals surface area contributed by atoms with Crippen LogP contribution in [0.4, 0.5) is 5.69 Å². The van der Waals surface area contributed by atoms with Crippen molar-refractivity contribution in [1.82, 2.24) is 0 Å². The second kappa shape index (κ2) is 3.35. The number of rotatable bonds is 2. The summed E-state index contributed by atoms with van der Waals surface area (Å²) in [5.74, 6) is 0.0248. The summed E-state index contributed by atoms with van der Waals surface area (Å²) in [6, 6.07) is 7.84. The largest absolute Gasteiger partial charge is 0.317 e. The lowest BCUT2D eigenvalue weighted by molar-refractivity contribution is -0.120. The molecular formula is C12H16N2O. The molecule has 1 fully saturated rings. The fraction of sp³-hybridized carbons (Fsp3) is 0.417. The number of nitrogens with zero attached hydrogens (tertiary/aromatic N) is 1. The first kappa shape index (κ1) is 10.2. The van der Waals surface area contributed by atoms with Gasteiger partial charge in [0.15, 0.2) is 0 Å². The quantitative estimate of drug-likeness (QED) is 0.792. The fourth-order valence-corrected chi connectivity index (χ4v) is 1.73. The van der Waals surface area contributed by atoms with Crippen LogP contribution in [-0.4, -0.2) is 18.5 Å². The molecule has 15 heavy (non-hydrogen) atoms. The predicted molar refractivity (Wildman–Crippen MR) is 60.7 cm³/mol. The number of hydrogen-bond donors (Lipinski definition) is 1. The van der Waals surface area contributed by atoms with Crippen molar-refractivity contribution < 1.29 is 4.79 Å². The van der Waals surface area contributed by atoms with Crippen LogP contribution in [0.1, 0.15) is 18.4 Å². The molecular weight excluding hydrogens is 188 g/mol. The van der Waals surface area contributed by atoms with E-state index < -0.39 is 5.54 Å². The van der Waals surface area contributed by atoms with Gasteiger partial charge in [0.05, 0.1) is 5.54 Å². The third-order valence-corrected chi connectivity index (χ3v) is 3.00. The second-order valence-electron chi connectivity index (χ2n) is 4.31. The molecule has 3 heteroatoms. The van der Waals surface area contributed by atoms with Crippen molar-refractivity contribution in [3.8, 4) is 0 Å². The molecule has 0 radical (unpaired) electrons. The molecule has 2 N–H and O–H groups in total. The van der Waals surface area contributed by atoms with Gasteiger partial charge in [0.1, 0.15) is 0 Å². The SMILES string of the molecule is Cc1ccccc1N(C)C(=O)C1(N)CC1. The van der Waals surface area contributed by atoms with Gasteiger partial charge in [-0.05, 0) is 31.4 Å². The van der Waals surface area contributed by atoms with Crippen LogP contribution >= 0.6 is 0 Å². The molecule has 3 nitrogen and oxygen atoms in total. The summed E-state index contributed by atoms with van der Waals surface area (Å²) in [5, 5.41) is 0. The van der Waals surface area contributed by atoms with Gasteiger partial charge in [-0.25, -0.2) is 0 Å². The minimum Gasteiger partial charge on any atom is -0.317 e. The van der Waals surface area contributed by atoms with E-state index in [9.17, 15) is 4.79 Å². The average Bonchev–Trinajstić information content (AvgIpc) is 2.96. The molecule has 0 bridgehead atoms. The highest BCUT2D eigenvalue weighted by molar-refractivity contribution is 6.02. The maximum Gasteiger partial charge on any atom is 0.246 e. The van der Waals surface area contributed by atoms with Gasteiger partial charge in [-0.1, -0.05) is 18.2 Å². The van der Waals surface area contributed by atoms with Gasteiger partial charge in [-0.3, -0.25) is 4.79 Å². The average molecular weight is 204 g/mol. The lowest BCUT2D eigenvalue weighted by atomic mass is 10.1. The molecule has 2 rings (SSSR count). The van der Waals surface area contributed by atoms with E-state index in [1.165, 1.54) is 0 Å². The molecule has 1 aromatic rings. The zero-order chi connectivity index (χ0) is 11.1. The first-order valence-corrected chi connectivity index (χ1v) is 5.17. The highest BCUT2D eigenvalue weighted by Gasteiger charge is 2.47. The molecule has 1 amide bonds. The third kappa shape index (κ3) is 1.75. The molecule has 0 aliphatic heterocycles. The number of anilines is 1. The Hall–Kier alpha value is -1.35. The van der Waals surface area contributed by atoms with Crippen LogP contribution in [0.25, 0.3) is 0 Å². The number of aryl methyl sites for hydroxylation is 1. The van der Waals surface area contributed by atoms with E-state index in [4.69, 9.17) is 5.73 Å². The Labute approximate surface area is 89.9 Å². The van der Waals surface area contributed by atoms with Crippen molar-refractivity contribution in [2.75, 3.05) is 11.9 Å². The first-order chi connectivity index (χ1) is 7.04. The molecule has 0 aromatic heterocycles. The van der Waals surface area contributed by atoms with Gasteiger partial charge >= 0.3 is 0 Å². The smallest absolute Gasteiger partial charge is 0.246 e. The van der Waals surface area contributed by atoms with Crippen molar-refractivity contribution in [2.45, 2.75) is 25.3 Å². The Morgan fingerprint density at radius 3 is 2.53 bits per heavy atom. The monoisotopic (exact) mass is 204 g/mol. The minimum atomic E-state index is -0.586. The molecule has 1 saturated carbocycles. The van der Waals surface area contributed by atoms with Gasteiger partial charge in [0.2, 0.25) is 5.91 Å². The summed E-state index contributed by atoms with van der Waals surface area (Å²) in [6.45, 7) is 2.00. The highest BCUT2D eigenvalue weighted by Crippen LogP contribution is 2.35. The summed E-state index contributed by atoms with van der Waals surface area (Å²) < 4.78 is 0. The van der Waals surface area contributed by atoms with Crippen molar-refractivity contribution in [3.05, 3.63) is 29.8 Å². The van der Waals surface area contributed by atoms with Gasteiger partial charge in [-0.2, -0.15) is 0 Å². The lowest BCUT2D eigenvalue weighted by Gasteiger charge is -2.22. The Morgan fingerprint density at radius 1 is 1.40 bits per heavy atom. The molecule has 0 unspecified atom stereocenters. The zero-order valence-corrected chi connectivity index (χ0v) is 9.16. The van der Waals surface area contributed by atoms with E-state index in [2.05, 4.69) is 0 Å². The van der Waals surface area contributed by atoms with Crippen molar-refractivity contribution >= 4 is 11.6 Å². The summed E-state index contributed by atoms with van der Waals surface area (Å²) in [4.78, 5) is 13.6. The molecule has 1 aliphatic carbocycles. The van der Waals surface area contributed by atoms with Crippen molar-refractivity contribution in [2.24, 2.45) is 5.73 Å². The zero-order valence-electron chi connectivity index (χ0n) is 9.16. The van der Waals surface area contributed by atoms with E-state index in [-0.39, 0.29) is 5.91 Å². The molecule has 1 aromatic carbocycles. The minimum absolute atomic E-state index is 0.0248. The normalized spacial score (nSPS) is 17.3. The maximum absolute atomic E-state index is 12.0. The van der Waals surface area contributed by atoms with Crippen LogP contribution in [0, 0.1) is 6.92 Å². The van der Waals surface area contributed by atoms with E-state index in [1.807, 2.05) is 31.2 Å². The molecule has 1 aliphatic rings. The van der Waals surface area contributed by atoms with Gasteiger partial charge in [0, 0.05) is 12.7 Å². The summed E-state index contributed by atoms with van der Waals surface area (Å²) in [5.41, 5.74) is 7.34. The molecule has 0 atom stereocenters. The van der Waals surface area contributed by atoms with E-state index >= 15 is 0 Å². The first-order valence-electron chi connectivity index (χ1n) is 5.17. The Balaban J connectivity index is 2.24. The number of likely N-dealkylation sites (N-methyl/N-ethyl adjacent to an activating group) is 1. The number of para-hydroxylation sites is 1. The van der Waals surface area contributed by atoms with Crippen LogP contribution in [0.5, 0.6) is 0 Å². The fourth-order valence-electron chi connectivity index (χ4n) is 1.73.